The van der Waals surface area contributed by atoms with Gasteiger partial charge in [0.1, 0.15) is 0 Å². The Balaban J connectivity index is 0.00000264. The van der Waals surface area contributed by atoms with Crippen molar-refractivity contribution in [2.45, 2.75) is 45.8 Å². The summed E-state index contributed by atoms with van der Waals surface area (Å²) in [5.74, 6) is 1.34. The molecule has 23 heavy (non-hydrogen) atoms. The van der Waals surface area contributed by atoms with Crippen LogP contribution in [-0.2, 0) is 4.74 Å². The zero-order valence-electron chi connectivity index (χ0n) is 14.4. The standard InChI is InChI=1S/C18H29N3O.HI/c1-4-19-18(21-14(2)3)20-13-16-11-8-12-22-17(16)15-9-6-5-7-10-15;/h5-7,9-10,14,16-17H,4,8,11-13H2,1-3H3,(H2,19,20,21);1H. The van der Waals surface area contributed by atoms with Crippen molar-refractivity contribution in [3.8, 4) is 0 Å². The van der Waals surface area contributed by atoms with Crippen LogP contribution in [0.5, 0.6) is 0 Å². The summed E-state index contributed by atoms with van der Waals surface area (Å²) in [5.41, 5.74) is 1.27. The highest BCUT2D eigenvalue weighted by Crippen LogP contribution is 2.33. The van der Waals surface area contributed by atoms with Crippen LogP contribution < -0.4 is 10.6 Å². The summed E-state index contributed by atoms with van der Waals surface area (Å²) in [7, 11) is 0. The number of halogens is 1. The maximum atomic E-state index is 6.04. The summed E-state index contributed by atoms with van der Waals surface area (Å²) in [6.45, 7) is 8.87. The Morgan fingerprint density at radius 1 is 1.30 bits per heavy atom. The van der Waals surface area contributed by atoms with E-state index in [0.29, 0.717) is 12.0 Å². The van der Waals surface area contributed by atoms with E-state index in [4.69, 9.17) is 9.73 Å². The van der Waals surface area contributed by atoms with Crippen LogP contribution in [0.1, 0.15) is 45.3 Å². The van der Waals surface area contributed by atoms with Gasteiger partial charge in [-0.05, 0) is 39.2 Å². The molecule has 0 bridgehead atoms. The van der Waals surface area contributed by atoms with Gasteiger partial charge in [-0.1, -0.05) is 30.3 Å². The maximum Gasteiger partial charge on any atom is 0.191 e. The Hall–Kier alpha value is -0.820. The number of rotatable bonds is 5. The molecule has 2 rings (SSSR count). The fourth-order valence-corrected chi connectivity index (χ4v) is 2.84. The summed E-state index contributed by atoms with van der Waals surface area (Å²) in [5, 5.41) is 6.68. The summed E-state index contributed by atoms with van der Waals surface area (Å²) in [6.07, 6.45) is 2.46. The molecular formula is C18H30IN3O. The average molecular weight is 431 g/mol. The first kappa shape index (κ1) is 20.2. The van der Waals surface area contributed by atoms with Gasteiger partial charge in [-0.25, -0.2) is 0 Å². The van der Waals surface area contributed by atoms with E-state index in [2.05, 4.69) is 61.7 Å². The molecule has 1 saturated heterocycles. The Morgan fingerprint density at radius 2 is 2.04 bits per heavy atom. The van der Waals surface area contributed by atoms with Gasteiger partial charge in [0.05, 0.1) is 6.10 Å². The minimum Gasteiger partial charge on any atom is -0.373 e. The Kier molecular flexibility index (Phi) is 9.55. The van der Waals surface area contributed by atoms with Crippen molar-refractivity contribution >= 4 is 29.9 Å². The van der Waals surface area contributed by atoms with Crippen molar-refractivity contribution in [1.82, 2.24) is 10.6 Å². The van der Waals surface area contributed by atoms with Crippen LogP contribution in [0, 0.1) is 5.92 Å². The molecule has 4 nitrogen and oxygen atoms in total. The zero-order valence-corrected chi connectivity index (χ0v) is 16.7. The fraction of sp³-hybridized carbons (Fsp3) is 0.611. The van der Waals surface area contributed by atoms with Gasteiger partial charge in [0, 0.05) is 31.7 Å². The first-order valence-electron chi connectivity index (χ1n) is 8.42. The Bertz CT molecular complexity index is 465. The van der Waals surface area contributed by atoms with Gasteiger partial charge in [0.2, 0.25) is 0 Å². The number of hydrogen-bond donors (Lipinski definition) is 2. The van der Waals surface area contributed by atoms with Crippen molar-refractivity contribution < 1.29 is 4.74 Å². The van der Waals surface area contributed by atoms with Gasteiger partial charge in [0.15, 0.2) is 5.96 Å². The van der Waals surface area contributed by atoms with Crippen molar-refractivity contribution in [2.24, 2.45) is 10.9 Å². The fourth-order valence-electron chi connectivity index (χ4n) is 2.84. The molecular weight excluding hydrogens is 401 g/mol. The predicted octanol–water partition coefficient (Wildman–Crippen LogP) is 3.74. The minimum absolute atomic E-state index is 0. The topological polar surface area (TPSA) is 45.7 Å². The van der Waals surface area contributed by atoms with Crippen LogP contribution >= 0.6 is 24.0 Å². The van der Waals surface area contributed by atoms with Gasteiger partial charge in [-0.3, -0.25) is 4.99 Å². The van der Waals surface area contributed by atoms with Crippen LogP contribution in [0.15, 0.2) is 35.3 Å². The Morgan fingerprint density at radius 3 is 2.70 bits per heavy atom. The van der Waals surface area contributed by atoms with Gasteiger partial charge in [0.25, 0.3) is 0 Å². The first-order valence-corrected chi connectivity index (χ1v) is 8.42. The monoisotopic (exact) mass is 431 g/mol. The van der Waals surface area contributed by atoms with Gasteiger partial charge in [-0.2, -0.15) is 0 Å². The highest BCUT2D eigenvalue weighted by atomic mass is 127. The lowest BCUT2D eigenvalue weighted by Crippen LogP contribution is -2.41. The van der Waals surface area contributed by atoms with Crippen LogP contribution in [0.3, 0.4) is 0 Å². The molecule has 0 amide bonds. The summed E-state index contributed by atoms with van der Waals surface area (Å²) >= 11 is 0. The third-order valence-corrected chi connectivity index (χ3v) is 3.83. The van der Waals surface area contributed by atoms with Gasteiger partial charge < -0.3 is 15.4 Å². The smallest absolute Gasteiger partial charge is 0.191 e. The van der Waals surface area contributed by atoms with E-state index in [1.807, 2.05) is 0 Å². The number of ether oxygens (including phenoxy) is 1. The molecule has 1 aliphatic rings. The normalized spacial score (nSPS) is 21.7. The van der Waals surface area contributed by atoms with Crippen LogP contribution in [0.2, 0.25) is 0 Å². The first-order chi connectivity index (χ1) is 10.7. The number of nitrogens with zero attached hydrogens (tertiary/aromatic N) is 1. The van der Waals surface area contributed by atoms with E-state index in [0.717, 1.165) is 32.1 Å². The lowest BCUT2D eigenvalue weighted by molar-refractivity contribution is -0.0250. The molecule has 2 unspecified atom stereocenters. The molecule has 1 aromatic rings. The molecule has 0 aliphatic carbocycles. The van der Waals surface area contributed by atoms with E-state index in [1.54, 1.807) is 0 Å². The van der Waals surface area contributed by atoms with E-state index in [-0.39, 0.29) is 30.1 Å². The lowest BCUT2D eigenvalue weighted by atomic mass is 9.89. The van der Waals surface area contributed by atoms with Gasteiger partial charge >= 0.3 is 0 Å². The quantitative estimate of drug-likeness (QED) is 0.424. The van der Waals surface area contributed by atoms with E-state index >= 15 is 0 Å². The lowest BCUT2D eigenvalue weighted by Gasteiger charge is -2.31. The second kappa shape index (κ2) is 10.9. The number of benzene rings is 1. The number of aliphatic imine (C=N–C) groups is 1. The molecule has 5 heteroatoms. The highest BCUT2D eigenvalue weighted by molar-refractivity contribution is 14.0. The molecule has 1 aromatic carbocycles. The van der Waals surface area contributed by atoms with Gasteiger partial charge in [-0.15, -0.1) is 24.0 Å². The van der Waals surface area contributed by atoms with Crippen LogP contribution in [0.4, 0.5) is 0 Å². The number of hydrogen-bond acceptors (Lipinski definition) is 2. The van der Waals surface area contributed by atoms with Crippen LogP contribution in [-0.4, -0.2) is 31.7 Å². The number of nitrogens with one attached hydrogen (secondary N) is 2. The summed E-state index contributed by atoms with van der Waals surface area (Å²) < 4.78 is 6.04. The molecule has 2 N–H and O–H groups in total. The summed E-state index contributed by atoms with van der Waals surface area (Å²) in [6, 6.07) is 10.9. The molecule has 1 heterocycles. The van der Waals surface area contributed by atoms with Crippen molar-refractivity contribution in [3.63, 3.8) is 0 Å². The zero-order chi connectivity index (χ0) is 15.8. The molecule has 130 valence electrons. The molecule has 1 aliphatic heterocycles. The van der Waals surface area contributed by atoms with Crippen molar-refractivity contribution in [3.05, 3.63) is 35.9 Å². The molecule has 1 fully saturated rings. The molecule has 0 spiro atoms. The van der Waals surface area contributed by atoms with E-state index < -0.39 is 0 Å². The molecule has 0 aromatic heterocycles. The second-order valence-electron chi connectivity index (χ2n) is 6.12. The average Bonchev–Trinajstić information content (AvgIpc) is 2.53. The summed E-state index contributed by atoms with van der Waals surface area (Å²) in [4.78, 5) is 4.77. The largest absolute Gasteiger partial charge is 0.373 e. The molecule has 0 saturated carbocycles. The number of guanidine groups is 1. The van der Waals surface area contributed by atoms with Crippen molar-refractivity contribution in [1.29, 1.82) is 0 Å². The van der Waals surface area contributed by atoms with E-state index in [9.17, 15) is 0 Å². The SMILES string of the molecule is CCNC(=NCC1CCCOC1c1ccccc1)NC(C)C.I. The Labute approximate surface area is 157 Å². The maximum absolute atomic E-state index is 6.04. The van der Waals surface area contributed by atoms with E-state index in [1.165, 1.54) is 12.0 Å². The van der Waals surface area contributed by atoms with Crippen LogP contribution in [0.25, 0.3) is 0 Å². The second-order valence-corrected chi connectivity index (χ2v) is 6.12. The van der Waals surface area contributed by atoms with Crippen molar-refractivity contribution in [2.75, 3.05) is 19.7 Å². The minimum atomic E-state index is 0. The highest BCUT2D eigenvalue weighted by Gasteiger charge is 2.27. The third kappa shape index (κ3) is 6.67. The predicted molar refractivity (Wildman–Crippen MR) is 108 cm³/mol. The third-order valence-electron chi connectivity index (χ3n) is 3.83. The molecule has 2 atom stereocenters. The molecule has 0 radical (unpaired) electrons.